The monoisotopic (exact) mass is 268 g/mol. The molecule has 18 heavy (non-hydrogen) atoms. The second kappa shape index (κ2) is 5.83. The molecule has 0 atom stereocenters. The Labute approximate surface area is 112 Å². The van der Waals surface area contributed by atoms with Crippen LogP contribution in [0, 0.1) is 17.7 Å². The standard InChI is InChI=1S/C15H18ClFO/c1-10-2-5-12(6-3-10)15(18)9-11-4-7-13(16)14(17)8-11/h4,7-8,10,12H,2-3,5-6,9H2,1H3. The summed E-state index contributed by atoms with van der Waals surface area (Å²) >= 11 is 5.62. The summed E-state index contributed by atoms with van der Waals surface area (Å²) in [6, 6.07) is 4.61. The van der Waals surface area contributed by atoms with E-state index >= 15 is 0 Å². The van der Waals surface area contributed by atoms with Crippen molar-refractivity contribution in [3.63, 3.8) is 0 Å². The Morgan fingerprint density at radius 3 is 2.61 bits per heavy atom. The van der Waals surface area contributed by atoms with E-state index in [2.05, 4.69) is 6.92 Å². The smallest absolute Gasteiger partial charge is 0.142 e. The third kappa shape index (κ3) is 3.32. The molecule has 2 rings (SSSR count). The molecule has 0 spiro atoms. The molecule has 3 heteroatoms. The van der Waals surface area contributed by atoms with Crippen molar-refractivity contribution in [2.75, 3.05) is 0 Å². The molecule has 1 aliphatic carbocycles. The highest BCUT2D eigenvalue weighted by Crippen LogP contribution is 2.29. The number of carbonyl (C=O) groups is 1. The van der Waals surface area contributed by atoms with Crippen LogP contribution in [-0.4, -0.2) is 5.78 Å². The molecule has 0 aliphatic heterocycles. The first-order chi connectivity index (χ1) is 8.56. The second-order valence-electron chi connectivity index (χ2n) is 5.35. The van der Waals surface area contributed by atoms with Crippen molar-refractivity contribution >= 4 is 17.4 Å². The van der Waals surface area contributed by atoms with Gasteiger partial charge in [0.25, 0.3) is 0 Å². The predicted molar refractivity (Wildman–Crippen MR) is 71.2 cm³/mol. The van der Waals surface area contributed by atoms with Crippen molar-refractivity contribution in [3.05, 3.63) is 34.6 Å². The molecule has 0 unspecified atom stereocenters. The zero-order chi connectivity index (χ0) is 13.1. The molecule has 0 radical (unpaired) electrons. The maximum atomic E-state index is 13.3. The van der Waals surface area contributed by atoms with E-state index in [1.54, 1.807) is 6.07 Å². The Balaban J connectivity index is 1.96. The van der Waals surface area contributed by atoms with Crippen LogP contribution in [0.15, 0.2) is 18.2 Å². The average Bonchev–Trinajstić information content (AvgIpc) is 2.34. The molecule has 0 amide bonds. The summed E-state index contributed by atoms with van der Waals surface area (Å²) in [7, 11) is 0. The van der Waals surface area contributed by atoms with Gasteiger partial charge in [0.1, 0.15) is 11.6 Å². The molecule has 0 aromatic heterocycles. The predicted octanol–water partition coefficient (Wildman–Crippen LogP) is 4.42. The van der Waals surface area contributed by atoms with Gasteiger partial charge in [0.05, 0.1) is 5.02 Å². The number of ketones is 1. The lowest BCUT2D eigenvalue weighted by Gasteiger charge is -2.25. The van der Waals surface area contributed by atoms with Crippen LogP contribution in [-0.2, 0) is 11.2 Å². The minimum absolute atomic E-state index is 0.109. The highest BCUT2D eigenvalue weighted by Gasteiger charge is 2.24. The topological polar surface area (TPSA) is 17.1 Å². The van der Waals surface area contributed by atoms with E-state index in [0.29, 0.717) is 6.42 Å². The summed E-state index contributed by atoms with van der Waals surface area (Å²) in [5.74, 6) is 0.699. The van der Waals surface area contributed by atoms with E-state index in [0.717, 1.165) is 37.2 Å². The van der Waals surface area contributed by atoms with Gasteiger partial charge < -0.3 is 0 Å². The lowest BCUT2D eigenvalue weighted by molar-refractivity contribution is -0.123. The van der Waals surface area contributed by atoms with Crippen LogP contribution in [0.5, 0.6) is 0 Å². The molecule has 1 aromatic rings. The fraction of sp³-hybridized carbons (Fsp3) is 0.533. The van der Waals surface area contributed by atoms with Gasteiger partial charge in [0.2, 0.25) is 0 Å². The minimum Gasteiger partial charge on any atom is -0.299 e. The van der Waals surface area contributed by atoms with Crippen molar-refractivity contribution in [3.8, 4) is 0 Å². The van der Waals surface area contributed by atoms with Gasteiger partial charge in [-0.3, -0.25) is 4.79 Å². The largest absolute Gasteiger partial charge is 0.299 e. The van der Waals surface area contributed by atoms with Crippen LogP contribution in [0.1, 0.15) is 38.2 Å². The lowest BCUT2D eigenvalue weighted by atomic mass is 9.80. The molecule has 0 heterocycles. The number of Topliss-reactive ketones (excluding diaryl/α,β-unsaturated/α-hetero) is 1. The zero-order valence-electron chi connectivity index (χ0n) is 10.6. The third-order valence-electron chi connectivity index (χ3n) is 3.83. The zero-order valence-corrected chi connectivity index (χ0v) is 11.3. The van der Waals surface area contributed by atoms with E-state index in [-0.39, 0.29) is 16.7 Å². The number of hydrogen-bond acceptors (Lipinski definition) is 1. The van der Waals surface area contributed by atoms with Gasteiger partial charge in [-0.25, -0.2) is 4.39 Å². The Kier molecular flexibility index (Phi) is 4.39. The summed E-state index contributed by atoms with van der Waals surface area (Å²) < 4.78 is 13.3. The number of rotatable bonds is 3. The van der Waals surface area contributed by atoms with Crippen molar-refractivity contribution in [1.82, 2.24) is 0 Å². The Morgan fingerprint density at radius 2 is 2.00 bits per heavy atom. The maximum Gasteiger partial charge on any atom is 0.142 e. The van der Waals surface area contributed by atoms with Gasteiger partial charge in [-0.05, 0) is 36.5 Å². The summed E-state index contributed by atoms with van der Waals surface area (Å²) in [5.41, 5.74) is 0.723. The highest BCUT2D eigenvalue weighted by atomic mass is 35.5. The molecule has 0 bridgehead atoms. The molecule has 1 fully saturated rings. The van der Waals surface area contributed by atoms with E-state index in [4.69, 9.17) is 11.6 Å². The first-order valence-corrected chi connectivity index (χ1v) is 6.90. The van der Waals surface area contributed by atoms with Gasteiger partial charge in [-0.15, -0.1) is 0 Å². The number of benzene rings is 1. The van der Waals surface area contributed by atoms with Gasteiger partial charge in [-0.2, -0.15) is 0 Å². The molecule has 0 saturated heterocycles. The number of carbonyl (C=O) groups excluding carboxylic acids is 1. The molecule has 98 valence electrons. The molecule has 1 saturated carbocycles. The Bertz CT molecular complexity index is 436. The van der Waals surface area contributed by atoms with Crippen LogP contribution in [0.3, 0.4) is 0 Å². The fourth-order valence-electron chi connectivity index (χ4n) is 2.58. The van der Waals surface area contributed by atoms with E-state index in [1.165, 1.54) is 12.1 Å². The first kappa shape index (κ1) is 13.5. The van der Waals surface area contributed by atoms with Crippen molar-refractivity contribution in [2.24, 2.45) is 11.8 Å². The molecular formula is C15H18ClFO. The van der Waals surface area contributed by atoms with Crippen molar-refractivity contribution in [1.29, 1.82) is 0 Å². The number of hydrogen-bond donors (Lipinski definition) is 0. The summed E-state index contributed by atoms with van der Waals surface area (Å²) in [4.78, 5) is 12.1. The fourth-order valence-corrected chi connectivity index (χ4v) is 2.69. The lowest BCUT2D eigenvalue weighted by Crippen LogP contribution is -2.22. The Morgan fingerprint density at radius 1 is 1.33 bits per heavy atom. The highest BCUT2D eigenvalue weighted by molar-refractivity contribution is 6.30. The number of halogens is 2. The molecular weight excluding hydrogens is 251 g/mol. The first-order valence-electron chi connectivity index (χ1n) is 6.53. The normalized spacial score (nSPS) is 23.9. The van der Waals surface area contributed by atoms with Crippen LogP contribution in [0.4, 0.5) is 4.39 Å². The maximum absolute atomic E-state index is 13.3. The molecule has 1 aromatic carbocycles. The summed E-state index contributed by atoms with van der Waals surface area (Å²) in [6.45, 7) is 2.23. The van der Waals surface area contributed by atoms with Crippen LogP contribution in [0.2, 0.25) is 5.02 Å². The van der Waals surface area contributed by atoms with Gasteiger partial charge in [0, 0.05) is 12.3 Å². The van der Waals surface area contributed by atoms with E-state index in [9.17, 15) is 9.18 Å². The summed E-state index contributed by atoms with van der Waals surface area (Å²) in [5, 5.41) is 0.109. The average molecular weight is 269 g/mol. The quantitative estimate of drug-likeness (QED) is 0.793. The SMILES string of the molecule is CC1CCC(C(=O)Cc2ccc(Cl)c(F)c2)CC1. The molecule has 0 N–H and O–H groups in total. The molecule has 1 aliphatic rings. The van der Waals surface area contributed by atoms with Gasteiger partial charge in [0.15, 0.2) is 0 Å². The van der Waals surface area contributed by atoms with Gasteiger partial charge >= 0.3 is 0 Å². The molecule has 1 nitrogen and oxygen atoms in total. The van der Waals surface area contributed by atoms with Gasteiger partial charge in [-0.1, -0.05) is 37.4 Å². The van der Waals surface area contributed by atoms with Crippen LogP contribution >= 0.6 is 11.6 Å². The van der Waals surface area contributed by atoms with E-state index < -0.39 is 5.82 Å². The second-order valence-corrected chi connectivity index (χ2v) is 5.76. The van der Waals surface area contributed by atoms with E-state index in [1.807, 2.05) is 0 Å². The van der Waals surface area contributed by atoms with Crippen molar-refractivity contribution < 1.29 is 9.18 Å². The van der Waals surface area contributed by atoms with Crippen molar-refractivity contribution in [2.45, 2.75) is 39.0 Å². The minimum atomic E-state index is -0.445. The summed E-state index contributed by atoms with van der Waals surface area (Å²) in [6.07, 6.45) is 4.55. The Hall–Kier alpha value is -0.890. The van der Waals surface area contributed by atoms with Crippen LogP contribution < -0.4 is 0 Å². The van der Waals surface area contributed by atoms with Crippen LogP contribution in [0.25, 0.3) is 0 Å². The third-order valence-corrected chi connectivity index (χ3v) is 4.14.